The van der Waals surface area contributed by atoms with Crippen molar-refractivity contribution in [2.75, 3.05) is 13.2 Å². The molecule has 17 heavy (non-hydrogen) atoms. The first-order valence-corrected chi connectivity index (χ1v) is 5.90. The van der Waals surface area contributed by atoms with E-state index in [9.17, 15) is 14.7 Å². The Balaban J connectivity index is 2.66. The van der Waals surface area contributed by atoms with Crippen LogP contribution in [0, 0.1) is 0 Å². The van der Waals surface area contributed by atoms with Gasteiger partial charge in [-0.1, -0.05) is 13.3 Å². The van der Waals surface area contributed by atoms with Crippen molar-refractivity contribution in [1.29, 1.82) is 0 Å². The highest BCUT2D eigenvalue weighted by Gasteiger charge is 2.42. The van der Waals surface area contributed by atoms with Crippen LogP contribution in [0.4, 0.5) is 0 Å². The Labute approximate surface area is 101 Å². The van der Waals surface area contributed by atoms with Crippen molar-refractivity contribution in [2.45, 2.75) is 44.2 Å². The van der Waals surface area contributed by atoms with Gasteiger partial charge in [0.2, 0.25) is 5.91 Å². The van der Waals surface area contributed by atoms with E-state index < -0.39 is 23.5 Å². The summed E-state index contributed by atoms with van der Waals surface area (Å²) in [4.78, 5) is 23.1. The number of nitrogens with one attached hydrogen (secondary N) is 1. The van der Waals surface area contributed by atoms with E-state index in [1.54, 1.807) is 0 Å². The van der Waals surface area contributed by atoms with Gasteiger partial charge in [0.05, 0.1) is 6.04 Å². The van der Waals surface area contributed by atoms with E-state index in [-0.39, 0.29) is 12.8 Å². The second kappa shape index (κ2) is 5.97. The molecule has 0 aromatic rings. The van der Waals surface area contributed by atoms with Gasteiger partial charge in [0.25, 0.3) is 0 Å². The van der Waals surface area contributed by atoms with Crippen molar-refractivity contribution in [1.82, 2.24) is 5.32 Å². The first-order chi connectivity index (χ1) is 8.02. The van der Waals surface area contributed by atoms with Crippen molar-refractivity contribution < 1.29 is 19.4 Å². The summed E-state index contributed by atoms with van der Waals surface area (Å²) in [6.07, 6.45) is 1.91. The van der Waals surface area contributed by atoms with Gasteiger partial charge in [-0.2, -0.15) is 0 Å². The Bertz CT molecular complexity index is 287. The molecule has 1 amide bonds. The SMILES string of the molecule is CCC[C@@H](N)C(=O)NC1(C(=O)O)CCOCC1. The van der Waals surface area contributed by atoms with Crippen molar-refractivity contribution in [3.63, 3.8) is 0 Å². The molecule has 0 aliphatic carbocycles. The van der Waals surface area contributed by atoms with Crippen molar-refractivity contribution in [3.05, 3.63) is 0 Å². The molecular weight excluding hydrogens is 224 g/mol. The summed E-state index contributed by atoms with van der Waals surface area (Å²) in [5.74, 6) is -1.41. The molecule has 0 radical (unpaired) electrons. The van der Waals surface area contributed by atoms with Gasteiger partial charge in [0, 0.05) is 26.1 Å². The molecule has 0 aromatic carbocycles. The van der Waals surface area contributed by atoms with Gasteiger partial charge >= 0.3 is 5.97 Å². The van der Waals surface area contributed by atoms with Crippen LogP contribution in [0.1, 0.15) is 32.6 Å². The first kappa shape index (κ1) is 13.9. The number of carbonyl (C=O) groups excluding carboxylic acids is 1. The Morgan fingerprint density at radius 2 is 2.06 bits per heavy atom. The Morgan fingerprint density at radius 3 is 2.53 bits per heavy atom. The van der Waals surface area contributed by atoms with Crippen LogP contribution < -0.4 is 11.1 Å². The van der Waals surface area contributed by atoms with Gasteiger partial charge in [0.1, 0.15) is 5.54 Å². The van der Waals surface area contributed by atoms with Gasteiger partial charge < -0.3 is 20.9 Å². The highest BCUT2D eigenvalue weighted by atomic mass is 16.5. The number of carbonyl (C=O) groups is 2. The molecule has 1 fully saturated rings. The zero-order valence-corrected chi connectivity index (χ0v) is 10.1. The van der Waals surface area contributed by atoms with E-state index in [0.29, 0.717) is 19.6 Å². The molecule has 6 heteroatoms. The highest BCUT2D eigenvalue weighted by molar-refractivity contribution is 5.89. The fourth-order valence-electron chi connectivity index (χ4n) is 1.88. The average molecular weight is 244 g/mol. The number of hydrogen-bond donors (Lipinski definition) is 3. The third-order valence-electron chi connectivity index (χ3n) is 3.05. The third kappa shape index (κ3) is 3.41. The lowest BCUT2D eigenvalue weighted by molar-refractivity contribution is -0.152. The number of amides is 1. The van der Waals surface area contributed by atoms with Crippen molar-refractivity contribution >= 4 is 11.9 Å². The molecule has 0 saturated carbocycles. The molecule has 1 aliphatic rings. The minimum Gasteiger partial charge on any atom is -0.480 e. The van der Waals surface area contributed by atoms with Crippen LogP contribution in [0.2, 0.25) is 0 Å². The smallest absolute Gasteiger partial charge is 0.329 e. The molecule has 0 bridgehead atoms. The van der Waals surface area contributed by atoms with Crippen LogP contribution in [0.3, 0.4) is 0 Å². The zero-order valence-electron chi connectivity index (χ0n) is 10.1. The average Bonchev–Trinajstić information content (AvgIpc) is 2.30. The van der Waals surface area contributed by atoms with Crippen LogP contribution >= 0.6 is 0 Å². The molecule has 1 heterocycles. The van der Waals surface area contributed by atoms with Crippen molar-refractivity contribution in [2.24, 2.45) is 5.73 Å². The molecule has 1 atom stereocenters. The first-order valence-electron chi connectivity index (χ1n) is 5.90. The van der Waals surface area contributed by atoms with E-state index in [1.807, 2.05) is 6.92 Å². The number of hydrogen-bond acceptors (Lipinski definition) is 4. The maximum absolute atomic E-state index is 11.8. The van der Waals surface area contributed by atoms with Crippen LogP contribution in [0.5, 0.6) is 0 Å². The molecule has 6 nitrogen and oxygen atoms in total. The summed E-state index contributed by atoms with van der Waals surface area (Å²) in [5.41, 5.74) is 4.46. The van der Waals surface area contributed by atoms with E-state index in [4.69, 9.17) is 10.5 Å². The quantitative estimate of drug-likeness (QED) is 0.625. The fourth-order valence-corrected chi connectivity index (χ4v) is 1.88. The monoisotopic (exact) mass is 244 g/mol. The summed E-state index contributed by atoms with van der Waals surface area (Å²) in [5, 5.41) is 11.8. The van der Waals surface area contributed by atoms with Gasteiger partial charge in [-0.05, 0) is 6.42 Å². The largest absolute Gasteiger partial charge is 0.480 e. The standard InChI is InChI=1S/C11H20N2O4/c1-2-3-8(12)9(14)13-11(10(15)16)4-6-17-7-5-11/h8H,2-7,12H2,1H3,(H,13,14)(H,15,16)/t8-/m1/s1. The molecule has 1 rings (SSSR count). The Hall–Kier alpha value is -1.14. The van der Waals surface area contributed by atoms with Crippen LogP contribution in [-0.4, -0.2) is 41.8 Å². The van der Waals surface area contributed by atoms with E-state index in [2.05, 4.69) is 5.32 Å². The fraction of sp³-hybridized carbons (Fsp3) is 0.818. The molecule has 0 spiro atoms. The Kier molecular flexibility index (Phi) is 4.89. The molecular formula is C11H20N2O4. The lowest BCUT2D eigenvalue weighted by atomic mass is 9.89. The number of carboxylic acids is 1. The number of nitrogens with two attached hydrogens (primary N) is 1. The molecule has 98 valence electrons. The van der Waals surface area contributed by atoms with Crippen molar-refractivity contribution in [3.8, 4) is 0 Å². The molecule has 0 aromatic heterocycles. The van der Waals surface area contributed by atoms with Gasteiger partial charge in [-0.15, -0.1) is 0 Å². The Morgan fingerprint density at radius 1 is 1.47 bits per heavy atom. The number of ether oxygens (including phenoxy) is 1. The summed E-state index contributed by atoms with van der Waals surface area (Å²) >= 11 is 0. The zero-order chi connectivity index (χ0) is 12.9. The molecule has 1 saturated heterocycles. The minimum absolute atomic E-state index is 0.285. The van der Waals surface area contributed by atoms with Gasteiger partial charge in [-0.3, -0.25) is 4.79 Å². The lowest BCUT2D eigenvalue weighted by Gasteiger charge is -2.34. The maximum Gasteiger partial charge on any atom is 0.329 e. The summed E-state index contributed by atoms with van der Waals surface area (Å²) in [6.45, 7) is 2.61. The summed E-state index contributed by atoms with van der Waals surface area (Å²) in [7, 11) is 0. The predicted octanol–water partition coefficient (Wildman–Crippen LogP) is -0.136. The normalized spacial score (nSPS) is 20.6. The third-order valence-corrected chi connectivity index (χ3v) is 3.05. The van der Waals surface area contributed by atoms with Gasteiger partial charge in [0.15, 0.2) is 0 Å². The number of rotatable bonds is 5. The maximum atomic E-state index is 11.8. The summed E-state index contributed by atoms with van der Waals surface area (Å²) in [6, 6.07) is -0.640. The second-order valence-electron chi connectivity index (χ2n) is 4.38. The van der Waals surface area contributed by atoms with E-state index in [0.717, 1.165) is 6.42 Å². The molecule has 4 N–H and O–H groups in total. The van der Waals surface area contributed by atoms with E-state index >= 15 is 0 Å². The summed E-state index contributed by atoms with van der Waals surface area (Å²) < 4.78 is 5.12. The minimum atomic E-state index is -1.21. The number of carboxylic acid groups (broad SMARTS) is 1. The van der Waals surface area contributed by atoms with Crippen LogP contribution in [0.25, 0.3) is 0 Å². The van der Waals surface area contributed by atoms with Gasteiger partial charge in [-0.25, -0.2) is 4.79 Å². The van der Waals surface area contributed by atoms with Crippen LogP contribution in [-0.2, 0) is 14.3 Å². The van der Waals surface area contributed by atoms with E-state index in [1.165, 1.54) is 0 Å². The second-order valence-corrected chi connectivity index (χ2v) is 4.38. The predicted molar refractivity (Wildman–Crippen MR) is 61.4 cm³/mol. The molecule has 1 aliphatic heterocycles. The lowest BCUT2D eigenvalue weighted by Crippen LogP contribution is -2.60. The topological polar surface area (TPSA) is 102 Å². The highest BCUT2D eigenvalue weighted by Crippen LogP contribution is 2.21. The van der Waals surface area contributed by atoms with Crippen LogP contribution in [0.15, 0.2) is 0 Å². The number of aliphatic carboxylic acids is 1. The molecule has 0 unspecified atom stereocenters.